The first-order valence-corrected chi connectivity index (χ1v) is 13.6. The van der Waals surface area contributed by atoms with Crippen LogP contribution in [0.3, 0.4) is 0 Å². The van der Waals surface area contributed by atoms with Gasteiger partial charge in [0.05, 0.1) is 42.7 Å². The summed E-state index contributed by atoms with van der Waals surface area (Å²) in [5.41, 5.74) is 2.91. The van der Waals surface area contributed by atoms with Crippen molar-refractivity contribution in [3.63, 3.8) is 0 Å². The summed E-state index contributed by atoms with van der Waals surface area (Å²) in [7, 11) is 3.18. The van der Waals surface area contributed by atoms with Crippen LogP contribution in [0.1, 0.15) is 31.0 Å². The minimum atomic E-state index is -0.678. The van der Waals surface area contributed by atoms with Crippen molar-refractivity contribution in [3.05, 3.63) is 115 Å². The molecule has 0 unspecified atom stereocenters. The van der Waals surface area contributed by atoms with E-state index >= 15 is 0 Å². The van der Waals surface area contributed by atoms with Crippen LogP contribution >= 0.6 is 11.3 Å². The smallest absolute Gasteiger partial charge is 0.271 e. The molecule has 0 fully saturated rings. The first-order valence-electron chi connectivity index (χ1n) is 12.8. The Balaban J connectivity index is 1.65. The van der Waals surface area contributed by atoms with Gasteiger partial charge >= 0.3 is 0 Å². The number of carbonyl (C=O) groups excluding carboxylic acids is 1. The number of hydrogen-bond donors (Lipinski definition) is 1. The molecule has 1 aromatic heterocycles. The van der Waals surface area contributed by atoms with Crippen LogP contribution < -0.4 is 34.4 Å². The largest absolute Gasteiger partial charge is 0.497 e. The molecule has 0 saturated carbocycles. The van der Waals surface area contributed by atoms with E-state index in [0.29, 0.717) is 50.1 Å². The molecule has 1 aliphatic heterocycles. The van der Waals surface area contributed by atoms with Crippen LogP contribution in [-0.4, -0.2) is 31.3 Å². The zero-order chi connectivity index (χ0) is 28.2. The number of anilines is 1. The van der Waals surface area contributed by atoms with Gasteiger partial charge in [-0.05, 0) is 67.4 Å². The maximum atomic E-state index is 13.9. The van der Waals surface area contributed by atoms with E-state index < -0.39 is 6.04 Å². The van der Waals surface area contributed by atoms with Crippen LogP contribution in [-0.2, 0) is 4.79 Å². The van der Waals surface area contributed by atoms with E-state index in [2.05, 4.69) is 5.32 Å². The number of amides is 1. The van der Waals surface area contributed by atoms with Crippen molar-refractivity contribution in [3.8, 4) is 17.2 Å². The first-order chi connectivity index (χ1) is 19.4. The zero-order valence-electron chi connectivity index (χ0n) is 22.6. The van der Waals surface area contributed by atoms with E-state index in [9.17, 15) is 9.59 Å². The average molecular weight is 556 g/mol. The van der Waals surface area contributed by atoms with E-state index in [1.54, 1.807) is 31.8 Å². The van der Waals surface area contributed by atoms with Gasteiger partial charge in [-0.25, -0.2) is 4.99 Å². The molecule has 0 radical (unpaired) electrons. The highest BCUT2D eigenvalue weighted by molar-refractivity contribution is 7.07. The Bertz CT molecular complexity index is 1760. The molecule has 0 saturated heterocycles. The molecule has 204 valence electrons. The fourth-order valence-corrected chi connectivity index (χ4v) is 5.68. The summed E-state index contributed by atoms with van der Waals surface area (Å²) in [4.78, 5) is 32.8. The van der Waals surface area contributed by atoms with Crippen molar-refractivity contribution in [2.24, 2.45) is 4.99 Å². The van der Waals surface area contributed by atoms with Crippen molar-refractivity contribution in [1.82, 2.24) is 4.57 Å². The fourth-order valence-electron chi connectivity index (χ4n) is 4.64. The third-order valence-corrected chi connectivity index (χ3v) is 7.50. The predicted molar refractivity (Wildman–Crippen MR) is 156 cm³/mol. The van der Waals surface area contributed by atoms with Gasteiger partial charge in [-0.3, -0.25) is 14.2 Å². The maximum absolute atomic E-state index is 13.9. The molecule has 40 heavy (non-hydrogen) atoms. The number of fused-ring (bicyclic) bond motifs is 1. The molecule has 4 aromatic rings. The third kappa shape index (κ3) is 5.28. The fraction of sp³-hybridized carbons (Fsp3) is 0.194. The molecule has 1 atom stereocenters. The zero-order valence-corrected chi connectivity index (χ0v) is 23.5. The lowest BCUT2D eigenvalue weighted by molar-refractivity contribution is -0.113. The molecule has 0 aliphatic carbocycles. The molecular weight excluding hydrogens is 526 g/mol. The number of nitrogens with zero attached hydrogens (tertiary/aromatic N) is 2. The van der Waals surface area contributed by atoms with Gasteiger partial charge in [0, 0.05) is 5.69 Å². The molecular formula is C31H29N3O5S. The number of ether oxygens (including phenoxy) is 3. The van der Waals surface area contributed by atoms with E-state index in [4.69, 9.17) is 19.2 Å². The van der Waals surface area contributed by atoms with Gasteiger partial charge in [0.1, 0.15) is 5.75 Å². The summed E-state index contributed by atoms with van der Waals surface area (Å²) in [6.45, 7) is 4.18. The Labute approximate surface area is 235 Å². The summed E-state index contributed by atoms with van der Waals surface area (Å²) in [5.74, 6) is 1.57. The van der Waals surface area contributed by atoms with Crippen LogP contribution in [0.2, 0.25) is 0 Å². The standard InChI is InChI=1S/C31H29N3O5S/c1-5-39-25-17-20(11-16-24(25)38-4)18-26-30(36)34-28(21-12-14-23(37-3)15-13-21)27(19(2)32-31(34)40-26)29(35)33-22-9-7-6-8-10-22/h6-18,28H,5H2,1-4H3,(H,33,35)/b26-18+/t28-/m1/s1. The van der Waals surface area contributed by atoms with Crippen molar-refractivity contribution in [2.45, 2.75) is 19.9 Å². The molecule has 0 spiro atoms. The predicted octanol–water partition coefficient (Wildman–Crippen LogP) is 4.29. The minimum absolute atomic E-state index is 0.240. The van der Waals surface area contributed by atoms with Crippen molar-refractivity contribution in [1.29, 1.82) is 0 Å². The number of hydrogen-bond acceptors (Lipinski definition) is 7. The van der Waals surface area contributed by atoms with Crippen LogP contribution in [0, 0.1) is 0 Å². The topological polar surface area (TPSA) is 91.2 Å². The molecule has 5 rings (SSSR count). The molecule has 8 nitrogen and oxygen atoms in total. The van der Waals surface area contributed by atoms with E-state index in [1.165, 1.54) is 11.3 Å². The molecule has 9 heteroatoms. The van der Waals surface area contributed by atoms with Gasteiger partial charge in [-0.1, -0.05) is 47.7 Å². The van der Waals surface area contributed by atoms with Gasteiger partial charge in [-0.15, -0.1) is 0 Å². The average Bonchev–Trinajstić information content (AvgIpc) is 3.27. The van der Waals surface area contributed by atoms with Crippen molar-refractivity contribution >= 4 is 29.0 Å². The normalized spacial score (nSPS) is 14.8. The van der Waals surface area contributed by atoms with Crippen LogP contribution in [0.5, 0.6) is 17.2 Å². The number of benzene rings is 3. The van der Waals surface area contributed by atoms with Gasteiger partial charge in [0.2, 0.25) is 0 Å². The third-order valence-electron chi connectivity index (χ3n) is 6.51. The highest BCUT2D eigenvalue weighted by Gasteiger charge is 2.32. The Morgan fingerprint density at radius 1 is 1.02 bits per heavy atom. The second kappa shape index (κ2) is 11.6. The molecule has 1 amide bonds. The number of aromatic nitrogens is 1. The first kappa shape index (κ1) is 27.0. The Morgan fingerprint density at radius 2 is 1.77 bits per heavy atom. The quantitative estimate of drug-likeness (QED) is 0.350. The van der Waals surface area contributed by atoms with E-state index in [-0.39, 0.29) is 11.5 Å². The molecule has 1 aliphatic rings. The highest BCUT2D eigenvalue weighted by Crippen LogP contribution is 2.32. The number of allylic oxidation sites excluding steroid dienone is 1. The highest BCUT2D eigenvalue weighted by atomic mass is 32.1. The number of para-hydroxylation sites is 1. The van der Waals surface area contributed by atoms with Crippen LogP contribution in [0.4, 0.5) is 5.69 Å². The van der Waals surface area contributed by atoms with Gasteiger partial charge < -0.3 is 19.5 Å². The van der Waals surface area contributed by atoms with Crippen molar-refractivity contribution in [2.75, 3.05) is 26.1 Å². The van der Waals surface area contributed by atoms with E-state index in [0.717, 1.165) is 11.1 Å². The summed E-state index contributed by atoms with van der Waals surface area (Å²) in [6, 6.07) is 21.4. The van der Waals surface area contributed by atoms with Crippen molar-refractivity contribution < 1.29 is 19.0 Å². The number of nitrogens with one attached hydrogen (secondary N) is 1. The van der Waals surface area contributed by atoms with Gasteiger partial charge in [0.15, 0.2) is 16.3 Å². The Hall–Kier alpha value is -4.63. The number of thiazole rings is 1. The summed E-state index contributed by atoms with van der Waals surface area (Å²) >= 11 is 1.28. The summed E-state index contributed by atoms with van der Waals surface area (Å²) < 4.78 is 18.5. The van der Waals surface area contributed by atoms with Crippen LogP contribution in [0.25, 0.3) is 6.08 Å². The molecule has 1 N–H and O–H groups in total. The van der Waals surface area contributed by atoms with Gasteiger partial charge in [-0.2, -0.15) is 0 Å². The second-order valence-corrected chi connectivity index (χ2v) is 10.0. The second-order valence-electron chi connectivity index (χ2n) is 9.02. The summed E-state index contributed by atoms with van der Waals surface area (Å²) in [5, 5.41) is 2.96. The maximum Gasteiger partial charge on any atom is 0.271 e. The lowest BCUT2D eigenvalue weighted by Crippen LogP contribution is -2.40. The number of carbonyl (C=O) groups is 1. The number of methoxy groups -OCH3 is 2. The van der Waals surface area contributed by atoms with E-state index in [1.807, 2.05) is 79.7 Å². The lowest BCUT2D eigenvalue weighted by Gasteiger charge is -2.25. The Kier molecular flexibility index (Phi) is 7.84. The molecule has 0 bridgehead atoms. The Morgan fingerprint density at radius 3 is 2.45 bits per heavy atom. The molecule has 2 heterocycles. The number of rotatable bonds is 8. The molecule has 3 aromatic carbocycles. The van der Waals surface area contributed by atoms with Gasteiger partial charge in [0.25, 0.3) is 11.5 Å². The lowest BCUT2D eigenvalue weighted by atomic mass is 9.95. The summed E-state index contributed by atoms with van der Waals surface area (Å²) in [6.07, 6.45) is 1.81. The van der Waals surface area contributed by atoms with Crippen LogP contribution in [0.15, 0.2) is 93.9 Å². The monoisotopic (exact) mass is 555 g/mol. The minimum Gasteiger partial charge on any atom is -0.497 e. The SMILES string of the molecule is CCOc1cc(/C=c2/sc3n(c2=O)[C@H](c2ccc(OC)cc2)C(C(=O)Nc2ccccc2)=C(C)N=3)ccc1OC.